The molecule has 0 atom stereocenters. The molecule has 1 aromatic carbocycles. The predicted octanol–water partition coefficient (Wildman–Crippen LogP) is 0.606. The molecule has 0 saturated heterocycles. The zero-order valence-corrected chi connectivity index (χ0v) is 9.91. The number of aliphatic hydroxyl groups is 2. The van der Waals surface area contributed by atoms with Crippen LogP contribution in [0.1, 0.15) is 5.56 Å². The number of ether oxygens (including phenoxy) is 2. The molecule has 0 amide bonds. The summed E-state index contributed by atoms with van der Waals surface area (Å²) in [5.74, 6) is 0.161. The highest BCUT2D eigenvalue weighted by Gasteiger charge is 1.96. The van der Waals surface area contributed by atoms with Crippen LogP contribution in [0.25, 0.3) is 6.08 Å². The highest BCUT2D eigenvalue weighted by atomic mass is 16.5. The van der Waals surface area contributed by atoms with Gasteiger partial charge in [0, 0.05) is 6.08 Å². The lowest BCUT2D eigenvalue weighted by Gasteiger charge is -2.03. The standard InChI is InChI=1S/C13H16O5/c14-7-9-17-12-4-1-11(2-5-12)3-6-13(16)18-10-8-15/h1-6,14-15H,7-10H2. The summed E-state index contributed by atoms with van der Waals surface area (Å²) < 4.78 is 9.86. The van der Waals surface area contributed by atoms with Gasteiger partial charge in [0.1, 0.15) is 19.0 Å². The molecule has 1 aromatic rings. The van der Waals surface area contributed by atoms with Gasteiger partial charge in [-0.3, -0.25) is 0 Å². The molecular formula is C13H16O5. The van der Waals surface area contributed by atoms with E-state index in [0.717, 1.165) is 5.56 Å². The molecule has 0 fully saturated rings. The SMILES string of the molecule is O=C(C=Cc1ccc(OCCO)cc1)OCCO. The molecule has 0 radical (unpaired) electrons. The van der Waals surface area contributed by atoms with Gasteiger partial charge in [0.2, 0.25) is 0 Å². The fourth-order valence-corrected chi connectivity index (χ4v) is 1.20. The topological polar surface area (TPSA) is 76.0 Å². The molecule has 0 heterocycles. The third-order valence-electron chi connectivity index (χ3n) is 1.99. The van der Waals surface area contributed by atoms with Crippen LogP contribution in [0.2, 0.25) is 0 Å². The number of aliphatic hydroxyl groups excluding tert-OH is 2. The molecule has 5 nitrogen and oxygen atoms in total. The number of rotatable bonds is 7. The van der Waals surface area contributed by atoms with Gasteiger partial charge in [-0.15, -0.1) is 0 Å². The van der Waals surface area contributed by atoms with Crippen molar-refractivity contribution in [3.63, 3.8) is 0 Å². The smallest absolute Gasteiger partial charge is 0.330 e. The zero-order valence-electron chi connectivity index (χ0n) is 9.91. The maximum absolute atomic E-state index is 11.1. The molecule has 0 bridgehead atoms. The molecule has 0 aliphatic rings. The van der Waals surface area contributed by atoms with E-state index in [9.17, 15) is 4.79 Å². The first kappa shape index (κ1) is 14.2. The Balaban J connectivity index is 2.47. The van der Waals surface area contributed by atoms with E-state index in [2.05, 4.69) is 4.74 Å². The van der Waals surface area contributed by atoms with Crippen molar-refractivity contribution in [2.45, 2.75) is 0 Å². The Bertz CT molecular complexity index is 383. The lowest BCUT2D eigenvalue weighted by molar-refractivity contribution is -0.138. The molecule has 0 saturated carbocycles. The molecule has 0 spiro atoms. The van der Waals surface area contributed by atoms with Crippen molar-refractivity contribution < 1.29 is 24.5 Å². The van der Waals surface area contributed by atoms with Crippen LogP contribution in [0.4, 0.5) is 0 Å². The van der Waals surface area contributed by atoms with Crippen LogP contribution in [-0.4, -0.2) is 42.6 Å². The highest BCUT2D eigenvalue weighted by molar-refractivity contribution is 5.87. The van der Waals surface area contributed by atoms with Gasteiger partial charge in [-0.1, -0.05) is 12.1 Å². The molecule has 0 aliphatic carbocycles. The molecule has 0 unspecified atom stereocenters. The Morgan fingerprint density at radius 2 is 1.78 bits per heavy atom. The quantitative estimate of drug-likeness (QED) is 0.549. The third kappa shape index (κ3) is 5.47. The van der Waals surface area contributed by atoms with Gasteiger partial charge in [-0.25, -0.2) is 4.79 Å². The summed E-state index contributed by atoms with van der Waals surface area (Å²) in [5, 5.41) is 17.1. The third-order valence-corrected chi connectivity index (χ3v) is 1.99. The van der Waals surface area contributed by atoms with Crippen molar-refractivity contribution in [1.29, 1.82) is 0 Å². The Morgan fingerprint density at radius 3 is 2.39 bits per heavy atom. The molecule has 5 heteroatoms. The monoisotopic (exact) mass is 252 g/mol. The minimum atomic E-state index is -0.496. The second-order valence-electron chi connectivity index (χ2n) is 3.37. The first-order chi connectivity index (χ1) is 8.76. The Morgan fingerprint density at radius 1 is 1.11 bits per heavy atom. The lowest BCUT2D eigenvalue weighted by atomic mass is 10.2. The number of hydrogen-bond acceptors (Lipinski definition) is 5. The minimum Gasteiger partial charge on any atom is -0.491 e. The van der Waals surface area contributed by atoms with E-state index in [1.165, 1.54) is 6.08 Å². The van der Waals surface area contributed by atoms with Crippen molar-refractivity contribution in [1.82, 2.24) is 0 Å². The van der Waals surface area contributed by atoms with E-state index in [0.29, 0.717) is 5.75 Å². The normalized spacial score (nSPS) is 10.6. The van der Waals surface area contributed by atoms with Crippen molar-refractivity contribution in [2.75, 3.05) is 26.4 Å². The number of carbonyl (C=O) groups is 1. The summed E-state index contributed by atoms with van der Waals surface area (Å²) in [6.45, 7) is 0.0363. The van der Waals surface area contributed by atoms with Crippen molar-refractivity contribution in [3.05, 3.63) is 35.9 Å². The van der Waals surface area contributed by atoms with Crippen LogP contribution in [0.5, 0.6) is 5.75 Å². The molecule has 18 heavy (non-hydrogen) atoms. The summed E-state index contributed by atoms with van der Waals surface area (Å²) in [5.41, 5.74) is 0.826. The molecule has 0 aliphatic heterocycles. The van der Waals surface area contributed by atoms with Gasteiger partial charge in [-0.2, -0.15) is 0 Å². The first-order valence-electron chi connectivity index (χ1n) is 5.55. The zero-order chi connectivity index (χ0) is 13.2. The summed E-state index contributed by atoms with van der Waals surface area (Å²) in [6.07, 6.45) is 2.90. The number of esters is 1. The lowest BCUT2D eigenvalue weighted by Crippen LogP contribution is -2.04. The van der Waals surface area contributed by atoms with E-state index in [-0.39, 0.29) is 26.4 Å². The van der Waals surface area contributed by atoms with Crippen LogP contribution in [0.3, 0.4) is 0 Å². The van der Waals surface area contributed by atoms with E-state index < -0.39 is 5.97 Å². The maximum Gasteiger partial charge on any atom is 0.330 e. The fourth-order valence-electron chi connectivity index (χ4n) is 1.20. The van der Waals surface area contributed by atoms with Crippen molar-refractivity contribution >= 4 is 12.0 Å². The van der Waals surface area contributed by atoms with Gasteiger partial charge in [0.05, 0.1) is 13.2 Å². The highest BCUT2D eigenvalue weighted by Crippen LogP contribution is 2.13. The summed E-state index contributed by atoms with van der Waals surface area (Å²) in [4.78, 5) is 11.1. The number of hydrogen-bond donors (Lipinski definition) is 2. The van der Waals surface area contributed by atoms with Crippen molar-refractivity contribution in [2.24, 2.45) is 0 Å². The van der Waals surface area contributed by atoms with E-state index in [4.69, 9.17) is 14.9 Å². The number of benzene rings is 1. The molecular weight excluding hydrogens is 236 g/mol. The molecule has 98 valence electrons. The van der Waals surface area contributed by atoms with Crippen LogP contribution in [0, 0.1) is 0 Å². The largest absolute Gasteiger partial charge is 0.491 e. The van der Waals surface area contributed by atoms with Crippen LogP contribution < -0.4 is 4.74 Å². The molecule has 2 N–H and O–H groups in total. The summed E-state index contributed by atoms with van der Waals surface area (Å²) in [7, 11) is 0. The van der Waals surface area contributed by atoms with Gasteiger partial charge in [0.25, 0.3) is 0 Å². The van der Waals surface area contributed by atoms with Crippen LogP contribution in [0.15, 0.2) is 30.3 Å². The minimum absolute atomic E-state index is 0.00287. The summed E-state index contributed by atoms with van der Waals surface area (Å²) >= 11 is 0. The van der Waals surface area contributed by atoms with Gasteiger partial charge >= 0.3 is 5.97 Å². The predicted molar refractivity (Wildman–Crippen MR) is 66.1 cm³/mol. The fraction of sp³-hybridized carbons (Fsp3) is 0.308. The first-order valence-corrected chi connectivity index (χ1v) is 5.55. The molecule has 1 rings (SSSR count). The van der Waals surface area contributed by atoms with E-state index >= 15 is 0 Å². The van der Waals surface area contributed by atoms with E-state index in [1.807, 2.05) is 0 Å². The molecule has 0 aromatic heterocycles. The average Bonchev–Trinajstić information content (AvgIpc) is 2.41. The Kier molecular flexibility index (Phi) is 6.53. The van der Waals surface area contributed by atoms with Gasteiger partial charge in [-0.05, 0) is 23.8 Å². The number of carbonyl (C=O) groups excluding carboxylic acids is 1. The van der Waals surface area contributed by atoms with E-state index in [1.54, 1.807) is 30.3 Å². The second-order valence-corrected chi connectivity index (χ2v) is 3.37. The summed E-state index contributed by atoms with van der Waals surface area (Å²) in [6, 6.07) is 7.05. The average molecular weight is 252 g/mol. The van der Waals surface area contributed by atoms with Crippen molar-refractivity contribution in [3.8, 4) is 5.75 Å². The Labute approximate surface area is 105 Å². The van der Waals surface area contributed by atoms with Crippen LogP contribution in [-0.2, 0) is 9.53 Å². The van der Waals surface area contributed by atoms with Crippen LogP contribution >= 0.6 is 0 Å². The Hall–Kier alpha value is -1.85. The second kappa shape index (κ2) is 8.27. The van der Waals surface area contributed by atoms with Gasteiger partial charge < -0.3 is 19.7 Å². The maximum atomic E-state index is 11.1. The van der Waals surface area contributed by atoms with Gasteiger partial charge in [0.15, 0.2) is 0 Å².